The van der Waals surface area contributed by atoms with E-state index in [-0.39, 0.29) is 0 Å². The van der Waals surface area contributed by atoms with Crippen LogP contribution in [0.4, 0.5) is 0 Å². The van der Waals surface area contributed by atoms with Crippen molar-refractivity contribution < 1.29 is 4.92 Å². The van der Waals surface area contributed by atoms with Crippen LogP contribution in [-0.2, 0) is 0 Å². The summed E-state index contributed by atoms with van der Waals surface area (Å²) in [5.74, 6) is 0. The molecule has 0 amide bonds. The second-order valence-corrected chi connectivity index (χ2v) is 2.79. The van der Waals surface area contributed by atoms with E-state index in [4.69, 9.17) is 28.5 Å². The second kappa shape index (κ2) is 2.85. The molecule has 0 N–H and O–H groups in total. The molecule has 0 aliphatic rings. The SMILES string of the molecule is N#CC(Cl)(Cl)C[N+](=O)[O-]. The highest BCUT2D eigenvalue weighted by Gasteiger charge is 2.29. The Morgan fingerprint density at radius 1 is 1.78 bits per heavy atom. The molecule has 0 aromatic carbocycles. The third-order valence-electron chi connectivity index (χ3n) is 0.491. The Hall–Kier alpha value is -0.530. The Balaban J connectivity index is 3.91. The summed E-state index contributed by atoms with van der Waals surface area (Å²) in [5, 5.41) is 17.7. The minimum Gasteiger partial charge on any atom is -0.264 e. The van der Waals surface area contributed by atoms with Crippen molar-refractivity contribution in [2.24, 2.45) is 0 Å². The molecule has 0 aromatic rings. The minimum atomic E-state index is -1.89. The predicted octanol–water partition coefficient (Wildman–Crippen LogP) is 0.961. The van der Waals surface area contributed by atoms with Crippen molar-refractivity contribution in [1.82, 2.24) is 0 Å². The van der Waals surface area contributed by atoms with Gasteiger partial charge in [-0.05, 0) is 0 Å². The maximum Gasteiger partial charge on any atom is 0.267 e. The van der Waals surface area contributed by atoms with Crippen LogP contribution >= 0.6 is 23.2 Å². The van der Waals surface area contributed by atoms with E-state index in [0.717, 1.165) is 0 Å². The van der Waals surface area contributed by atoms with Gasteiger partial charge in [0.05, 0.1) is 0 Å². The molecule has 0 bridgehead atoms. The lowest BCUT2D eigenvalue weighted by Crippen LogP contribution is -2.22. The summed E-state index contributed by atoms with van der Waals surface area (Å²) in [4.78, 5) is 8.91. The van der Waals surface area contributed by atoms with Gasteiger partial charge in [0.15, 0.2) is 0 Å². The lowest BCUT2D eigenvalue weighted by molar-refractivity contribution is -0.479. The first-order chi connectivity index (χ1) is 3.98. The average Bonchev–Trinajstić information content (AvgIpc) is 1.63. The zero-order valence-electron chi connectivity index (χ0n) is 4.17. The molecular formula is C3H2Cl2N2O2. The number of hydrogen-bond acceptors (Lipinski definition) is 3. The van der Waals surface area contributed by atoms with E-state index in [2.05, 4.69) is 0 Å². The van der Waals surface area contributed by atoms with Crippen molar-refractivity contribution >= 4 is 23.2 Å². The van der Waals surface area contributed by atoms with Crippen LogP contribution < -0.4 is 0 Å². The van der Waals surface area contributed by atoms with Crippen molar-refractivity contribution in [2.75, 3.05) is 6.54 Å². The standard InChI is InChI=1S/C3H2Cl2N2O2/c4-3(5,1-6)2-7(8)9/h2H2. The van der Waals surface area contributed by atoms with Crippen LogP contribution in [0.2, 0.25) is 0 Å². The number of halogens is 2. The van der Waals surface area contributed by atoms with Gasteiger partial charge in [-0.3, -0.25) is 10.1 Å². The molecule has 0 rings (SSSR count). The maximum absolute atomic E-state index is 9.66. The fraction of sp³-hybridized carbons (Fsp3) is 0.667. The van der Waals surface area contributed by atoms with Gasteiger partial charge in [-0.2, -0.15) is 5.26 Å². The Morgan fingerprint density at radius 2 is 2.22 bits per heavy atom. The summed E-state index contributed by atoms with van der Waals surface area (Å²) in [6, 6.07) is 1.36. The number of nitro groups is 1. The molecule has 0 atom stereocenters. The normalized spacial score (nSPS) is 10.3. The van der Waals surface area contributed by atoms with Gasteiger partial charge in [0, 0.05) is 4.92 Å². The van der Waals surface area contributed by atoms with Crippen LogP contribution in [0.5, 0.6) is 0 Å². The summed E-state index contributed by atoms with van der Waals surface area (Å²) in [5.41, 5.74) is 0. The van der Waals surface area contributed by atoms with E-state index >= 15 is 0 Å². The van der Waals surface area contributed by atoms with E-state index < -0.39 is 15.8 Å². The van der Waals surface area contributed by atoms with Crippen LogP contribution in [0.3, 0.4) is 0 Å². The van der Waals surface area contributed by atoms with Crippen LogP contribution in [0.15, 0.2) is 0 Å². The van der Waals surface area contributed by atoms with Gasteiger partial charge >= 0.3 is 0 Å². The van der Waals surface area contributed by atoms with Crippen LogP contribution in [0.1, 0.15) is 0 Å². The van der Waals surface area contributed by atoms with Crippen molar-refractivity contribution in [2.45, 2.75) is 4.33 Å². The predicted molar refractivity (Wildman–Crippen MR) is 31.9 cm³/mol. The molecular weight excluding hydrogens is 167 g/mol. The van der Waals surface area contributed by atoms with Crippen LogP contribution in [0.25, 0.3) is 0 Å². The fourth-order valence-corrected chi connectivity index (χ4v) is 0.393. The first-order valence-electron chi connectivity index (χ1n) is 1.89. The molecule has 0 aliphatic carbocycles. The van der Waals surface area contributed by atoms with Crippen LogP contribution in [-0.4, -0.2) is 15.8 Å². The summed E-state index contributed by atoms with van der Waals surface area (Å²) in [7, 11) is 0. The molecule has 0 spiro atoms. The first-order valence-corrected chi connectivity index (χ1v) is 2.64. The van der Waals surface area contributed by atoms with Crippen molar-refractivity contribution in [3.63, 3.8) is 0 Å². The molecule has 0 fully saturated rings. The monoisotopic (exact) mass is 168 g/mol. The zero-order valence-corrected chi connectivity index (χ0v) is 5.69. The number of alkyl halides is 2. The van der Waals surface area contributed by atoms with Gasteiger partial charge in [0.25, 0.3) is 4.33 Å². The van der Waals surface area contributed by atoms with Gasteiger partial charge in [0.2, 0.25) is 6.54 Å². The minimum absolute atomic E-state index is 0.747. The second-order valence-electron chi connectivity index (χ2n) is 1.31. The fourth-order valence-electron chi connectivity index (χ4n) is 0.197. The zero-order chi connectivity index (χ0) is 7.49. The first kappa shape index (κ1) is 8.47. The molecule has 50 valence electrons. The van der Waals surface area contributed by atoms with Crippen LogP contribution in [0, 0.1) is 21.4 Å². The van der Waals surface area contributed by atoms with E-state index in [1.165, 1.54) is 6.07 Å². The van der Waals surface area contributed by atoms with Crippen molar-refractivity contribution in [3.05, 3.63) is 10.1 Å². The van der Waals surface area contributed by atoms with Gasteiger partial charge in [-0.1, -0.05) is 23.2 Å². The van der Waals surface area contributed by atoms with Crippen molar-refractivity contribution in [3.8, 4) is 6.07 Å². The molecule has 0 saturated heterocycles. The van der Waals surface area contributed by atoms with Crippen molar-refractivity contribution in [1.29, 1.82) is 5.26 Å². The topological polar surface area (TPSA) is 66.9 Å². The summed E-state index contributed by atoms with van der Waals surface area (Å²) in [6.45, 7) is -0.757. The third-order valence-corrected chi connectivity index (χ3v) is 0.899. The molecule has 0 heterocycles. The average molecular weight is 169 g/mol. The number of nitriles is 1. The summed E-state index contributed by atoms with van der Waals surface area (Å²) < 4.78 is -1.89. The highest BCUT2D eigenvalue weighted by molar-refractivity contribution is 6.50. The highest BCUT2D eigenvalue weighted by atomic mass is 35.5. The molecule has 0 radical (unpaired) electrons. The highest BCUT2D eigenvalue weighted by Crippen LogP contribution is 2.18. The Kier molecular flexibility index (Phi) is 2.68. The summed E-state index contributed by atoms with van der Waals surface area (Å²) in [6.07, 6.45) is 0. The third kappa shape index (κ3) is 4.01. The summed E-state index contributed by atoms with van der Waals surface area (Å²) >= 11 is 10.2. The Labute approximate surface area is 61.1 Å². The molecule has 6 heteroatoms. The number of nitrogens with zero attached hydrogens (tertiary/aromatic N) is 2. The lowest BCUT2D eigenvalue weighted by Gasteiger charge is -2.00. The van der Waals surface area contributed by atoms with E-state index in [1.807, 2.05) is 0 Å². The smallest absolute Gasteiger partial charge is 0.264 e. The number of hydrogen-bond donors (Lipinski definition) is 0. The van der Waals surface area contributed by atoms with Gasteiger partial charge in [0.1, 0.15) is 6.07 Å². The van der Waals surface area contributed by atoms with E-state index in [9.17, 15) is 10.1 Å². The molecule has 0 saturated carbocycles. The Morgan fingerprint density at radius 3 is 2.33 bits per heavy atom. The Bertz CT molecular complexity index is 162. The molecule has 9 heavy (non-hydrogen) atoms. The largest absolute Gasteiger partial charge is 0.267 e. The quantitative estimate of drug-likeness (QED) is 0.351. The molecule has 4 nitrogen and oxygen atoms in total. The van der Waals surface area contributed by atoms with Gasteiger partial charge in [-0.15, -0.1) is 0 Å². The van der Waals surface area contributed by atoms with E-state index in [0.29, 0.717) is 0 Å². The van der Waals surface area contributed by atoms with E-state index in [1.54, 1.807) is 0 Å². The van der Waals surface area contributed by atoms with Gasteiger partial charge in [-0.25, -0.2) is 0 Å². The molecule has 0 aliphatic heterocycles. The molecule has 0 unspecified atom stereocenters. The lowest BCUT2D eigenvalue weighted by atomic mass is 10.5. The maximum atomic E-state index is 9.66. The molecule has 0 aromatic heterocycles. The van der Waals surface area contributed by atoms with Gasteiger partial charge < -0.3 is 0 Å². The number of rotatable bonds is 2.